The summed E-state index contributed by atoms with van der Waals surface area (Å²) in [5.74, 6) is 0.960. The topological polar surface area (TPSA) is 58.6 Å². The Labute approximate surface area is 147 Å². The molecule has 1 aliphatic heterocycles. The average Bonchev–Trinajstić information content (AvgIpc) is 3.02. The standard InChI is InChI=1S/C20H22N2O3/c23-19(11-12-25-18-9-5-2-6-10-18)21-14-16-13-20(24)22(15-16)17-7-3-1-4-8-17/h1-10,16H,11-15H2,(H,21,23). The molecule has 0 aromatic heterocycles. The molecule has 2 aromatic carbocycles. The Morgan fingerprint density at radius 3 is 2.48 bits per heavy atom. The van der Waals surface area contributed by atoms with Gasteiger partial charge in [0.05, 0.1) is 13.0 Å². The van der Waals surface area contributed by atoms with E-state index in [1.54, 1.807) is 4.90 Å². The van der Waals surface area contributed by atoms with Crippen molar-refractivity contribution in [2.24, 2.45) is 5.92 Å². The molecule has 2 aromatic rings. The highest BCUT2D eigenvalue weighted by Gasteiger charge is 2.30. The number of carbonyl (C=O) groups excluding carboxylic acids is 2. The summed E-state index contributed by atoms with van der Waals surface area (Å²) in [6.45, 7) is 1.50. The highest BCUT2D eigenvalue weighted by molar-refractivity contribution is 5.95. The van der Waals surface area contributed by atoms with E-state index in [1.165, 1.54) is 0 Å². The van der Waals surface area contributed by atoms with E-state index in [2.05, 4.69) is 5.32 Å². The van der Waals surface area contributed by atoms with E-state index < -0.39 is 0 Å². The third kappa shape index (κ3) is 4.83. The molecule has 1 N–H and O–H groups in total. The van der Waals surface area contributed by atoms with Crippen LogP contribution in [0, 0.1) is 5.92 Å². The predicted octanol–water partition coefficient (Wildman–Crippen LogP) is 2.62. The Hall–Kier alpha value is -2.82. The third-order valence-electron chi connectivity index (χ3n) is 4.20. The second-order valence-electron chi connectivity index (χ2n) is 6.13. The van der Waals surface area contributed by atoms with Gasteiger partial charge in [0.25, 0.3) is 0 Å². The first-order valence-corrected chi connectivity index (χ1v) is 8.52. The maximum absolute atomic E-state index is 12.2. The fraction of sp³-hybridized carbons (Fsp3) is 0.300. The molecule has 1 heterocycles. The maximum Gasteiger partial charge on any atom is 0.227 e. The number of amides is 2. The SMILES string of the molecule is O=C(CCOc1ccccc1)NCC1CC(=O)N(c2ccccc2)C1. The molecule has 3 rings (SSSR count). The normalized spacial score (nSPS) is 16.7. The van der Waals surface area contributed by atoms with Crippen molar-refractivity contribution in [1.29, 1.82) is 0 Å². The Morgan fingerprint density at radius 2 is 1.76 bits per heavy atom. The van der Waals surface area contributed by atoms with Gasteiger partial charge in [0, 0.05) is 31.1 Å². The number of ether oxygens (including phenoxy) is 1. The van der Waals surface area contributed by atoms with Crippen LogP contribution in [0.15, 0.2) is 60.7 Å². The zero-order valence-corrected chi connectivity index (χ0v) is 14.1. The molecule has 130 valence electrons. The molecule has 1 aliphatic rings. The lowest BCUT2D eigenvalue weighted by Gasteiger charge is -2.16. The minimum atomic E-state index is -0.0541. The second-order valence-corrected chi connectivity index (χ2v) is 6.13. The van der Waals surface area contributed by atoms with Crippen LogP contribution in [0.4, 0.5) is 5.69 Å². The first kappa shape index (κ1) is 17.0. The number of nitrogens with zero attached hydrogens (tertiary/aromatic N) is 1. The Kier molecular flexibility index (Phi) is 5.67. The third-order valence-corrected chi connectivity index (χ3v) is 4.20. The van der Waals surface area contributed by atoms with Gasteiger partial charge in [0.15, 0.2) is 0 Å². The van der Waals surface area contributed by atoms with Crippen LogP contribution >= 0.6 is 0 Å². The van der Waals surface area contributed by atoms with Gasteiger partial charge in [-0.3, -0.25) is 9.59 Å². The lowest BCUT2D eigenvalue weighted by molar-refractivity contribution is -0.122. The quantitative estimate of drug-likeness (QED) is 0.844. The number of hydrogen-bond acceptors (Lipinski definition) is 3. The Balaban J connectivity index is 1.39. The van der Waals surface area contributed by atoms with Crippen molar-refractivity contribution >= 4 is 17.5 Å². The molecular weight excluding hydrogens is 316 g/mol. The molecular formula is C20H22N2O3. The fourth-order valence-electron chi connectivity index (χ4n) is 2.90. The molecule has 0 aliphatic carbocycles. The van der Waals surface area contributed by atoms with Crippen molar-refractivity contribution in [3.8, 4) is 5.75 Å². The van der Waals surface area contributed by atoms with Crippen molar-refractivity contribution in [3.05, 3.63) is 60.7 Å². The predicted molar refractivity (Wildman–Crippen MR) is 96.5 cm³/mol. The fourth-order valence-corrected chi connectivity index (χ4v) is 2.90. The van der Waals surface area contributed by atoms with Crippen LogP contribution < -0.4 is 15.0 Å². The van der Waals surface area contributed by atoms with E-state index in [0.717, 1.165) is 11.4 Å². The Bertz CT molecular complexity index is 703. The molecule has 2 amide bonds. The first-order valence-electron chi connectivity index (χ1n) is 8.52. The van der Waals surface area contributed by atoms with Gasteiger partial charge in [-0.2, -0.15) is 0 Å². The van der Waals surface area contributed by atoms with Crippen LogP contribution in [0.2, 0.25) is 0 Å². The van der Waals surface area contributed by atoms with E-state index >= 15 is 0 Å². The van der Waals surface area contributed by atoms with E-state index in [1.807, 2.05) is 60.7 Å². The van der Waals surface area contributed by atoms with Crippen molar-refractivity contribution < 1.29 is 14.3 Å². The molecule has 5 nitrogen and oxygen atoms in total. The lowest BCUT2D eigenvalue weighted by Crippen LogP contribution is -2.31. The van der Waals surface area contributed by atoms with Gasteiger partial charge in [-0.15, -0.1) is 0 Å². The van der Waals surface area contributed by atoms with Crippen molar-refractivity contribution in [2.45, 2.75) is 12.8 Å². The van der Waals surface area contributed by atoms with Crippen LogP contribution in [0.25, 0.3) is 0 Å². The molecule has 0 radical (unpaired) electrons. The summed E-state index contributed by atoms with van der Waals surface area (Å²) in [6.07, 6.45) is 0.771. The number of nitrogens with one attached hydrogen (secondary N) is 1. The molecule has 0 spiro atoms. The van der Waals surface area contributed by atoms with Gasteiger partial charge < -0.3 is 15.0 Å². The largest absolute Gasteiger partial charge is 0.493 e. The first-order chi connectivity index (χ1) is 12.2. The van der Waals surface area contributed by atoms with Crippen LogP contribution in [0.5, 0.6) is 5.75 Å². The summed E-state index contributed by atoms with van der Waals surface area (Å²) in [5, 5.41) is 2.91. The highest BCUT2D eigenvalue weighted by atomic mass is 16.5. The summed E-state index contributed by atoms with van der Waals surface area (Å²) in [4.78, 5) is 25.9. The van der Waals surface area contributed by atoms with E-state index in [-0.39, 0.29) is 17.7 Å². The molecule has 0 saturated carbocycles. The van der Waals surface area contributed by atoms with Gasteiger partial charge in [-0.25, -0.2) is 0 Å². The zero-order valence-electron chi connectivity index (χ0n) is 14.1. The molecule has 1 unspecified atom stereocenters. The lowest BCUT2D eigenvalue weighted by atomic mass is 10.1. The van der Waals surface area contributed by atoms with E-state index in [0.29, 0.717) is 32.5 Å². The molecule has 0 bridgehead atoms. The summed E-state index contributed by atoms with van der Waals surface area (Å²) in [6, 6.07) is 19.1. The average molecular weight is 338 g/mol. The summed E-state index contributed by atoms with van der Waals surface area (Å²) in [7, 11) is 0. The summed E-state index contributed by atoms with van der Waals surface area (Å²) < 4.78 is 5.52. The number of para-hydroxylation sites is 2. The van der Waals surface area contributed by atoms with Crippen molar-refractivity contribution in [3.63, 3.8) is 0 Å². The van der Waals surface area contributed by atoms with Crippen LogP contribution in [0.3, 0.4) is 0 Å². The minimum Gasteiger partial charge on any atom is -0.493 e. The zero-order chi connectivity index (χ0) is 17.5. The Morgan fingerprint density at radius 1 is 1.08 bits per heavy atom. The number of hydrogen-bond donors (Lipinski definition) is 1. The van der Waals surface area contributed by atoms with Gasteiger partial charge in [-0.05, 0) is 24.3 Å². The highest BCUT2D eigenvalue weighted by Crippen LogP contribution is 2.24. The monoisotopic (exact) mass is 338 g/mol. The minimum absolute atomic E-state index is 0.0541. The van der Waals surface area contributed by atoms with Gasteiger partial charge in [-0.1, -0.05) is 36.4 Å². The van der Waals surface area contributed by atoms with Crippen LogP contribution in [0.1, 0.15) is 12.8 Å². The number of carbonyl (C=O) groups is 2. The molecule has 25 heavy (non-hydrogen) atoms. The number of rotatable bonds is 7. The van der Waals surface area contributed by atoms with Crippen LogP contribution in [-0.4, -0.2) is 31.5 Å². The summed E-state index contributed by atoms with van der Waals surface area (Å²) in [5.41, 5.74) is 0.914. The maximum atomic E-state index is 12.2. The van der Waals surface area contributed by atoms with Gasteiger partial charge in [0.1, 0.15) is 5.75 Å². The van der Waals surface area contributed by atoms with Crippen molar-refractivity contribution in [1.82, 2.24) is 5.32 Å². The van der Waals surface area contributed by atoms with Gasteiger partial charge in [0.2, 0.25) is 11.8 Å². The molecule has 5 heteroatoms. The summed E-state index contributed by atoms with van der Waals surface area (Å²) >= 11 is 0. The molecule has 1 saturated heterocycles. The van der Waals surface area contributed by atoms with E-state index in [4.69, 9.17) is 4.74 Å². The number of benzene rings is 2. The molecule has 1 atom stereocenters. The van der Waals surface area contributed by atoms with Crippen LogP contribution in [-0.2, 0) is 9.59 Å². The van der Waals surface area contributed by atoms with Crippen molar-refractivity contribution in [2.75, 3.05) is 24.6 Å². The second kappa shape index (κ2) is 8.33. The molecule has 1 fully saturated rings. The number of anilines is 1. The smallest absolute Gasteiger partial charge is 0.227 e. The van der Waals surface area contributed by atoms with E-state index in [9.17, 15) is 9.59 Å². The van der Waals surface area contributed by atoms with Gasteiger partial charge >= 0.3 is 0 Å².